The highest BCUT2D eigenvalue weighted by Crippen LogP contribution is 2.12. The van der Waals surface area contributed by atoms with E-state index in [2.05, 4.69) is 10.6 Å². The first-order valence-corrected chi connectivity index (χ1v) is 6.51. The SMILES string of the molecule is CC(NCC1CCCOC1)C(=O)NC(C)(C)C. The van der Waals surface area contributed by atoms with Crippen molar-refractivity contribution >= 4 is 5.91 Å². The first kappa shape index (κ1) is 14.5. The van der Waals surface area contributed by atoms with E-state index in [4.69, 9.17) is 4.74 Å². The fourth-order valence-electron chi connectivity index (χ4n) is 1.88. The highest BCUT2D eigenvalue weighted by atomic mass is 16.5. The Morgan fingerprint density at radius 3 is 2.71 bits per heavy atom. The van der Waals surface area contributed by atoms with Gasteiger partial charge in [0, 0.05) is 18.7 Å². The zero-order valence-electron chi connectivity index (χ0n) is 11.5. The van der Waals surface area contributed by atoms with Crippen molar-refractivity contribution in [2.24, 2.45) is 5.92 Å². The van der Waals surface area contributed by atoms with Gasteiger partial charge in [-0.3, -0.25) is 4.79 Å². The van der Waals surface area contributed by atoms with E-state index in [1.807, 2.05) is 27.7 Å². The molecule has 0 saturated carbocycles. The third-order valence-electron chi connectivity index (χ3n) is 2.86. The molecule has 1 aliphatic rings. The van der Waals surface area contributed by atoms with Crippen LogP contribution in [0.25, 0.3) is 0 Å². The summed E-state index contributed by atoms with van der Waals surface area (Å²) in [6.45, 7) is 10.5. The first-order valence-electron chi connectivity index (χ1n) is 6.51. The van der Waals surface area contributed by atoms with Crippen LogP contribution in [-0.2, 0) is 9.53 Å². The molecule has 1 amide bonds. The van der Waals surface area contributed by atoms with Crippen LogP contribution in [0.4, 0.5) is 0 Å². The molecule has 0 aliphatic carbocycles. The third kappa shape index (κ3) is 6.03. The molecule has 0 aromatic carbocycles. The Bertz CT molecular complexity index is 242. The Kier molecular flexibility index (Phi) is 5.40. The maximum Gasteiger partial charge on any atom is 0.237 e. The van der Waals surface area contributed by atoms with Crippen LogP contribution in [0.1, 0.15) is 40.5 Å². The van der Waals surface area contributed by atoms with Gasteiger partial charge in [0.2, 0.25) is 5.91 Å². The summed E-state index contributed by atoms with van der Waals surface area (Å²) in [4.78, 5) is 11.8. The maximum atomic E-state index is 11.8. The maximum absolute atomic E-state index is 11.8. The molecule has 1 aliphatic heterocycles. The van der Waals surface area contributed by atoms with E-state index in [9.17, 15) is 4.79 Å². The Hall–Kier alpha value is -0.610. The average Bonchev–Trinajstić information content (AvgIpc) is 2.25. The largest absolute Gasteiger partial charge is 0.381 e. The molecule has 0 bridgehead atoms. The monoisotopic (exact) mass is 242 g/mol. The molecule has 0 aromatic rings. The van der Waals surface area contributed by atoms with E-state index >= 15 is 0 Å². The third-order valence-corrected chi connectivity index (χ3v) is 2.86. The summed E-state index contributed by atoms with van der Waals surface area (Å²) in [6.07, 6.45) is 2.33. The molecule has 17 heavy (non-hydrogen) atoms. The zero-order valence-corrected chi connectivity index (χ0v) is 11.5. The molecule has 100 valence electrons. The van der Waals surface area contributed by atoms with Crippen molar-refractivity contribution in [3.63, 3.8) is 0 Å². The second-order valence-corrected chi connectivity index (χ2v) is 5.95. The summed E-state index contributed by atoms with van der Waals surface area (Å²) in [7, 11) is 0. The molecule has 4 nitrogen and oxygen atoms in total. The minimum absolute atomic E-state index is 0.0641. The van der Waals surface area contributed by atoms with Gasteiger partial charge in [-0.25, -0.2) is 0 Å². The van der Waals surface area contributed by atoms with Gasteiger partial charge < -0.3 is 15.4 Å². The number of amides is 1. The van der Waals surface area contributed by atoms with Crippen LogP contribution in [0.2, 0.25) is 0 Å². The molecule has 2 atom stereocenters. The van der Waals surface area contributed by atoms with E-state index in [1.165, 1.54) is 6.42 Å². The second kappa shape index (κ2) is 6.36. The van der Waals surface area contributed by atoms with Crippen LogP contribution in [0, 0.1) is 5.92 Å². The summed E-state index contributed by atoms with van der Waals surface area (Å²) < 4.78 is 5.41. The summed E-state index contributed by atoms with van der Waals surface area (Å²) in [6, 6.07) is -0.142. The number of ether oxygens (including phenoxy) is 1. The Morgan fingerprint density at radius 1 is 1.47 bits per heavy atom. The fourth-order valence-corrected chi connectivity index (χ4v) is 1.88. The van der Waals surface area contributed by atoms with Gasteiger partial charge in [0.15, 0.2) is 0 Å². The fraction of sp³-hybridized carbons (Fsp3) is 0.923. The highest BCUT2D eigenvalue weighted by Gasteiger charge is 2.20. The van der Waals surface area contributed by atoms with Crippen LogP contribution < -0.4 is 10.6 Å². The van der Waals surface area contributed by atoms with Gasteiger partial charge in [0.25, 0.3) is 0 Å². The molecule has 0 aromatic heterocycles. The van der Waals surface area contributed by atoms with E-state index < -0.39 is 0 Å². The number of carbonyl (C=O) groups excluding carboxylic acids is 1. The molecule has 1 saturated heterocycles. The van der Waals surface area contributed by atoms with Gasteiger partial charge >= 0.3 is 0 Å². The lowest BCUT2D eigenvalue weighted by Crippen LogP contribution is -2.50. The normalized spacial score (nSPS) is 23.2. The molecule has 1 fully saturated rings. The lowest BCUT2D eigenvalue weighted by Gasteiger charge is -2.26. The quantitative estimate of drug-likeness (QED) is 0.781. The Labute approximate surface area is 104 Å². The van der Waals surface area contributed by atoms with Crippen LogP contribution in [0.15, 0.2) is 0 Å². The topological polar surface area (TPSA) is 50.4 Å². The van der Waals surface area contributed by atoms with Crippen LogP contribution >= 0.6 is 0 Å². The molecule has 1 heterocycles. The average molecular weight is 242 g/mol. The smallest absolute Gasteiger partial charge is 0.237 e. The zero-order chi connectivity index (χ0) is 12.9. The highest BCUT2D eigenvalue weighted by molar-refractivity contribution is 5.81. The second-order valence-electron chi connectivity index (χ2n) is 5.95. The molecule has 2 unspecified atom stereocenters. The van der Waals surface area contributed by atoms with Gasteiger partial charge in [0.05, 0.1) is 12.6 Å². The number of carbonyl (C=O) groups is 1. The van der Waals surface area contributed by atoms with Crippen molar-refractivity contribution in [1.29, 1.82) is 0 Å². The first-order chi connectivity index (χ1) is 7.88. The van der Waals surface area contributed by atoms with Crippen molar-refractivity contribution in [3.8, 4) is 0 Å². The van der Waals surface area contributed by atoms with Gasteiger partial charge in [0.1, 0.15) is 0 Å². The van der Waals surface area contributed by atoms with Crippen LogP contribution in [-0.4, -0.2) is 37.2 Å². The van der Waals surface area contributed by atoms with Crippen LogP contribution in [0.5, 0.6) is 0 Å². The van der Waals surface area contributed by atoms with Crippen LogP contribution in [0.3, 0.4) is 0 Å². The number of nitrogens with one attached hydrogen (secondary N) is 2. The molecular formula is C13H26N2O2. The van der Waals surface area contributed by atoms with E-state index in [0.717, 1.165) is 26.2 Å². The van der Waals surface area contributed by atoms with E-state index in [1.54, 1.807) is 0 Å². The summed E-state index contributed by atoms with van der Waals surface area (Å²) in [5.74, 6) is 0.614. The minimum Gasteiger partial charge on any atom is -0.381 e. The lowest BCUT2D eigenvalue weighted by atomic mass is 10.0. The number of hydrogen-bond acceptors (Lipinski definition) is 3. The standard InChI is InChI=1S/C13H26N2O2/c1-10(12(16)15-13(2,3)4)14-8-11-6-5-7-17-9-11/h10-11,14H,5-9H2,1-4H3,(H,15,16). The number of hydrogen-bond donors (Lipinski definition) is 2. The molecule has 0 spiro atoms. The Balaban J connectivity index is 2.23. The van der Waals surface area contributed by atoms with Crippen molar-refractivity contribution < 1.29 is 9.53 Å². The summed E-state index contributed by atoms with van der Waals surface area (Å²) in [5, 5.41) is 6.26. The molecule has 2 N–H and O–H groups in total. The lowest BCUT2D eigenvalue weighted by molar-refractivity contribution is -0.124. The Morgan fingerprint density at radius 2 is 2.18 bits per heavy atom. The van der Waals surface area contributed by atoms with Crippen molar-refractivity contribution in [2.75, 3.05) is 19.8 Å². The molecule has 4 heteroatoms. The predicted octanol–water partition coefficient (Wildman–Crippen LogP) is 1.31. The summed E-state index contributed by atoms with van der Waals surface area (Å²) in [5.41, 5.74) is -0.166. The van der Waals surface area contributed by atoms with E-state index in [-0.39, 0.29) is 17.5 Å². The van der Waals surface area contributed by atoms with Crippen molar-refractivity contribution in [1.82, 2.24) is 10.6 Å². The van der Waals surface area contributed by atoms with Gasteiger partial charge in [-0.1, -0.05) is 0 Å². The molecular weight excluding hydrogens is 216 g/mol. The molecule has 1 rings (SSSR count). The van der Waals surface area contributed by atoms with E-state index in [0.29, 0.717) is 5.92 Å². The van der Waals surface area contributed by atoms with Gasteiger partial charge in [-0.15, -0.1) is 0 Å². The molecule has 0 radical (unpaired) electrons. The predicted molar refractivity (Wildman–Crippen MR) is 68.9 cm³/mol. The minimum atomic E-state index is -0.166. The van der Waals surface area contributed by atoms with Gasteiger partial charge in [-0.2, -0.15) is 0 Å². The summed E-state index contributed by atoms with van der Waals surface area (Å²) >= 11 is 0. The van der Waals surface area contributed by atoms with Crippen molar-refractivity contribution in [3.05, 3.63) is 0 Å². The van der Waals surface area contributed by atoms with Gasteiger partial charge in [-0.05, 0) is 46.5 Å². The van der Waals surface area contributed by atoms with Crippen molar-refractivity contribution in [2.45, 2.75) is 52.1 Å². The number of rotatable bonds is 4.